The molecule has 0 saturated carbocycles. The van der Waals surface area contributed by atoms with Gasteiger partial charge in [-0.3, -0.25) is 0 Å². The summed E-state index contributed by atoms with van der Waals surface area (Å²) in [7, 11) is -4.03. The number of rotatable bonds is 10. The van der Waals surface area contributed by atoms with Gasteiger partial charge in [0.05, 0.1) is 4.90 Å². The first-order chi connectivity index (χ1) is 9.61. The summed E-state index contributed by atoms with van der Waals surface area (Å²) >= 11 is 0. The lowest BCUT2D eigenvalue weighted by molar-refractivity contribution is -0.130. The average Bonchev–Trinajstić information content (AvgIpc) is 2.46. The van der Waals surface area contributed by atoms with Gasteiger partial charge in [-0.15, -0.1) is 4.33 Å². The van der Waals surface area contributed by atoms with Gasteiger partial charge in [-0.05, 0) is 24.5 Å². The zero-order chi connectivity index (χ0) is 14.8. The Labute approximate surface area is 121 Å². The summed E-state index contributed by atoms with van der Waals surface area (Å²) in [6.07, 6.45) is 8.97. The molecule has 5 heteroatoms. The molecule has 0 aliphatic carbocycles. The first-order valence-electron chi connectivity index (χ1n) is 7.27. The number of hydrogen-bond donors (Lipinski definition) is 1. The van der Waals surface area contributed by atoms with Crippen LogP contribution in [0.1, 0.15) is 57.4 Å². The molecular formula is C15H24O4S. The predicted octanol–water partition coefficient (Wildman–Crippen LogP) is 4.16. The van der Waals surface area contributed by atoms with E-state index in [-0.39, 0.29) is 4.90 Å². The second kappa shape index (κ2) is 9.10. The van der Waals surface area contributed by atoms with Crippen LogP contribution in [0.2, 0.25) is 0 Å². The van der Waals surface area contributed by atoms with E-state index in [1.54, 1.807) is 18.2 Å². The van der Waals surface area contributed by atoms with Gasteiger partial charge in [-0.25, -0.2) is 5.26 Å². The van der Waals surface area contributed by atoms with Gasteiger partial charge in [-0.1, -0.05) is 63.6 Å². The molecule has 0 atom stereocenters. The summed E-state index contributed by atoms with van der Waals surface area (Å²) in [4.78, 5) is 0.0634. The van der Waals surface area contributed by atoms with E-state index in [0.29, 0.717) is 12.0 Å². The largest absolute Gasteiger partial charge is 0.323 e. The lowest BCUT2D eigenvalue weighted by atomic mass is 10.0. The molecule has 1 N–H and O–H groups in total. The van der Waals surface area contributed by atoms with Crippen molar-refractivity contribution in [1.82, 2.24) is 0 Å². The van der Waals surface area contributed by atoms with E-state index in [9.17, 15) is 8.42 Å². The van der Waals surface area contributed by atoms with Crippen molar-refractivity contribution in [2.24, 2.45) is 0 Å². The summed E-state index contributed by atoms with van der Waals surface area (Å²) < 4.78 is 26.7. The van der Waals surface area contributed by atoms with Crippen molar-refractivity contribution in [2.75, 3.05) is 0 Å². The van der Waals surface area contributed by atoms with Gasteiger partial charge in [0, 0.05) is 0 Å². The fourth-order valence-electron chi connectivity index (χ4n) is 2.27. The van der Waals surface area contributed by atoms with Gasteiger partial charge < -0.3 is 0 Å². The molecule has 0 spiro atoms. The predicted molar refractivity (Wildman–Crippen MR) is 79.0 cm³/mol. The Hall–Kier alpha value is -0.910. The van der Waals surface area contributed by atoms with Gasteiger partial charge in [0.25, 0.3) is 0 Å². The van der Waals surface area contributed by atoms with Crippen LogP contribution in [-0.4, -0.2) is 13.7 Å². The molecule has 0 unspecified atom stereocenters. The molecular weight excluding hydrogens is 276 g/mol. The zero-order valence-electron chi connectivity index (χ0n) is 12.0. The van der Waals surface area contributed by atoms with Crippen molar-refractivity contribution in [2.45, 2.75) is 63.2 Å². The van der Waals surface area contributed by atoms with Crippen LogP contribution in [0.4, 0.5) is 0 Å². The standard InChI is InChI=1S/C15H24O4S/c1-2-3-4-5-6-7-8-11-14-12-9-10-13-15(14)20(17,18)19-16/h9-10,12-13,16H,2-8,11H2,1H3. The maximum absolute atomic E-state index is 11.6. The summed E-state index contributed by atoms with van der Waals surface area (Å²) in [5, 5.41) is 8.48. The first kappa shape index (κ1) is 17.1. The lowest BCUT2D eigenvalue weighted by Gasteiger charge is -2.07. The van der Waals surface area contributed by atoms with Crippen LogP contribution in [0.15, 0.2) is 29.2 Å². The Balaban J connectivity index is 2.45. The molecule has 0 amide bonds. The Morgan fingerprint density at radius 1 is 1.00 bits per heavy atom. The molecule has 1 rings (SSSR count). The zero-order valence-corrected chi connectivity index (χ0v) is 12.9. The minimum absolute atomic E-state index is 0.0634. The van der Waals surface area contributed by atoms with Gasteiger partial charge in [-0.2, -0.15) is 8.42 Å². The lowest BCUT2D eigenvalue weighted by Crippen LogP contribution is -2.06. The molecule has 0 saturated heterocycles. The van der Waals surface area contributed by atoms with Crippen LogP contribution < -0.4 is 0 Å². The van der Waals surface area contributed by atoms with E-state index in [1.165, 1.54) is 38.2 Å². The van der Waals surface area contributed by atoms with Crippen molar-refractivity contribution in [3.63, 3.8) is 0 Å². The van der Waals surface area contributed by atoms with E-state index < -0.39 is 10.1 Å². The molecule has 114 valence electrons. The SMILES string of the molecule is CCCCCCCCCc1ccccc1S(=O)(=O)OO. The molecule has 0 radical (unpaired) electrons. The summed E-state index contributed by atoms with van der Waals surface area (Å²) in [6.45, 7) is 2.20. The van der Waals surface area contributed by atoms with E-state index in [4.69, 9.17) is 5.26 Å². The van der Waals surface area contributed by atoms with Crippen LogP contribution in [-0.2, 0) is 20.9 Å². The molecule has 1 aromatic carbocycles. The first-order valence-corrected chi connectivity index (χ1v) is 8.68. The van der Waals surface area contributed by atoms with Crippen LogP contribution in [0.5, 0.6) is 0 Å². The van der Waals surface area contributed by atoms with Crippen molar-refractivity contribution in [1.29, 1.82) is 0 Å². The highest BCUT2D eigenvalue weighted by molar-refractivity contribution is 7.86. The third kappa shape index (κ3) is 5.61. The maximum atomic E-state index is 11.6. The van der Waals surface area contributed by atoms with Crippen molar-refractivity contribution in [3.8, 4) is 0 Å². The molecule has 20 heavy (non-hydrogen) atoms. The molecule has 0 aliphatic rings. The molecule has 0 bridgehead atoms. The third-order valence-electron chi connectivity index (χ3n) is 3.39. The van der Waals surface area contributed by atoms with E-state index >= 15 is 0 Å². The van der Waals surface area contributed by atoms with Crippen molar-refractivity contribution in [3.05, 3.63) is 29.8 Å². The van der Waals surface area contributed by atoms with Crippen molar-refractivity contribution >= 4 is 10.1 Å². The summed E-state index contributed by atoms with van der Waals surface area (Å²) in [5.74, 6) is 0. The Kier molecular flexibility index (Phi) is 7.80. The minimum atomic E-state index is -4.03. The van der Waals surface area contributed by atoms with Crippen molar-refractivity contribution < 1.29 is 18.0 Å². The molecule has 0 aliphatic heterocycles. The summed E-state index contributed by atoms with van der Waals surface area (Å²) in [5.41, 5.74) is 0.704. The summed E-state index contributed by atoms with van der Waals surface area (Å²) in [6, 6.07) is 6.65. The third-order valence-corrected chi connectivity index (χ3v) is 4.52. The highest BCUT2D eigenvalue weighted by Gasteiger charge is 2.18. The Morgan fingerprint density at radius 3 is 2.25 bits per heavy atom. The van der Waals surface area contributed by atoms with Gasteiger partial charge >= 0.3 is 10.1 Å². The average molecular weight is 300 g/mol. The molecule has 1 aromatic rings. The fourth-order valence-corrected chi connectivity index (χ4v) is 3.08. The normalized spacial score (nSPS) is 11.7. The highest BCUT2D eigenvalue weighted by atomic mass is 32.2. The molecule has 0 aromatic heterocycles. The van der Waals surface area contributed by atoms with Crippen LogP contribution >= 0.6 is 0 Å². The molecule has 0 fully saturated rings. The maximum Gasteiger partial charge on any atom is 0.323 e. The molecule has 0 heterocycles. The van der Waals surface area contributed by atoms with Gasteiger partial charge in [0.1, 0.15) is 0 Å². The van der Waals surface area contributed by atoms with Crippen LogP contribution in [0, 0.1) is 0 Å². The number of hydrogen-bond acceptors (Lipinski definition) is 4. The monoisotopic (exact) mass is 300 g/mol. The van der Waals surface area contributed by atoms with E-state index in [2.05, 4.69) is 11.3 Å². The second-order valence-electron chi connectivity index (χ2n) is 5.01. The van der Waals surface area contributed by atoms with E-state index in [0.717, 1.165) is 12.8 Å². The number of unbranched alkanes of at least 4 members (excludes halogenated alkanes) is 6. The highest BCUT2D eigenvalue weighted by Crippen LogP contribution is 2.20. The van der Waals surface area contributed by atoms with Gasteiger partial charge in [0.15, 0.2) is 0 Å². The van der Waals surface area contributed by atoms with E-state index in [1.807, 2.05) is 0 Å². The minimum Gasteiger partial charge on any atom is -0.235 e. The fraction of sp³-hybridized carbons (Fsp3) is 0.600. The topological polar surface area (TPSA) is 63.6 Å². The smallest absolute Gasteiger partial charge is 0.235 e. The van der Waals surface area contributed by atoms with Gasteiger partial charge in [0.2, 0.25) is 0 Å². The quantitative estimate of drug-likeness (QED) is 0.400. The van der Waals surface area contributed by atoms with Crippen LogP contribution in [0.25, 0.3) is 0 Å². The second-order valence-corrected chi connectivity index (χ2v) is 6.50. The van der Waals surface area contributed by atoms with Crippen LogP contribution in [0.3, 0.4) is 0 Å². The number of aryl methyl sites for hydroxylation is 1. The Morgan fingerprint density at radius 2 is 1.60 bits per heavy atom. The Bertz CT molecular complexity index is 482. The number of benzene rings is 1. The molecule has 4 nitrogen and oxygen atoms in total.